The minimum absolute atomic E-state index is 0.103. The Kier molecular flexibility index (Phi) is 5.82. The summed E-state index contributed by atoms with van der Waals surface area (Å²) in [5.41, 5.74) is 2.11. The maximum atomic E-state index is 12.3. The van der Waals surface area contributed by atoms with Crippen molar-refractivity contribution in [1.82, 2.24) is 0 Å². The van der Waals surface area contributed by atoms with Crippen LogP contribution >= 0.6 is 11.6 Å². The topological polar surface area (TPSA) is 58.6 Å². The molecule has 6 heteroatoms. The molecule has 0 aliphatic carbocycles. The van der Waals surface area contributed by atoms with Gasteiger partial charge < -0.3 is 15.0 Å². The highest BCUT2D eigenvalue weighted by molar-refractivity contribution is 6.31. The lowest BCUT2D eigenvalue weighted by Gasteiger charge is -2.21. The maximum absolute atomic E-state index is 12.3. The van der Waals surface area contributed by atoms with Crippen LogP contribution in [0.15, 0.2) is 42.5 Å². The molecule has 0 spiro atoms. The van der Waals surface area contributed by atoms with Crippen molar-refractivity contribution in [3.8, 4) is 5.75 Å². The maximum Gasteiger partial charge on any atom is 0.244 e. The molecule has 0 saturated carbocycles. The van der Waals surface area contributed by atoms with Crippen molar-refractivity contribution in [3.05, 3.63) is 53.1 Å². The molecule has 2 aromatic rings. The number of hydrogen-bond acceptors (Lipinski definition) is 3. The van der Waals surface area contributed by atoms with Crippen LogP contribution in [0.2, 0.25) is 5.02 Å². The van der Waals surface area contributed by atoms with Gasteiger partial charge in [-0.15, -0.1) is 0 Å². The van der Waals surface area contributed by atoms with E-state index in [1.807, 2.05) is 13.0 Å². The Morgan fingerprint density at radius 3 is 2.58 bits per heavy atom. The number of nitrogens with zero attached hydrogens (tertiary/aromatic N) is 1. The third-order valence-corrected chi connectivity index (χ3v) is 3.91. The first-order valence-corrected chi connectivity index (χ1v) is 7.76. The van der Waals surface area contributed by atoms with Gasteiger partial charge in [-0.25, -0.2) is 0 Å². The van der Waals surface area contributed by atoms with Crippen molar-refractivity contribution in [2.24, 2.45) is 0 Å². The van der Waals surface area contributed by atoms with E-state index >= 15 is 0 Å². The molecule has 24 heavy (non-hydrogen) atoms. The third kappa shape index (κ3) is 4.49. The van der Waals surface area contributed by atoms with Gasteiger partial charge in [0.2, 0.25) is 11.8 Å². The number of anilines is 2. The van der Waals surface area contributed by atoms with Crippen LogP contribution in [0.3, 0.4) is 0 Å². The van der Waals surface area contributed by atoms with E-state index in [2.05, 4.69) is 5.32 Å². The number of ether oxygens (including phenoxy) is 1. The summed E-state index contributed by atoms with van der Waals surface area (Å²) in [5.74, 6) is 0.0674. The number of hydrogen-bond donors (Lipinski definition) is 1. The van der Waals surface area contributed by atoms with Crippen molar-refractivity contribution < 1.29 is 14.3 Å². The summed E-state index contributed by atoms with van der Waals surface area (Å²) in [6, 6.07) is 12.3. The van der Waals surface area contributed by atoms with Gasteiger partial charge in [0.25, 0.3) is 0 Å². The van der Waals surface area contributed by atoms with Crippen LogP contribution < -0.4 is 15.0 Å². The first-order chi connectivity index (χ1) is 11.4. The van der Waals surface area contributed by atoms with Crippen molar-refractivity contribution in [3.63, 3.8) is 0 Å². The van der Waals surface area contributed by atoms with E-state index in [1.54, 1.807) is 43.5 Å². The number of rotatable bonds is 5. The highest BCUT2D eigenvalue weighted by Gasteiger charge is 2.16. The van der Waals surface area contributed by atoms with Gasteiger partial charge in [0, 0.05) is 29.4 Å². The second kappa shape index (κ2) is 7.84. The number of amides is 2. The van der Waals surface area contributed by atoms with Gasteiger partial charge >= 0.3 is 0 Å². The molecule has 0 unspecified atom stereocenters. The van der Waals surface area contributed by atoms with E-state index < -0.39 is 0 Å². The molecule has 0 atom stereocenters. The molecule has 5 nitrogen and oxygen atoms in total. The van der Waals surface area contributed by atoms with Crippen LogP contribution in [-0.2, 0) is 9.59 Å². The van der Waals surface area contributed by atoms with E-state index in [1.165, 1.54) is 11.8 Å². The monoisotopic (exact) mass is 346 g/mol. The summed E-state index contributed by atoms with van der Waals surface area (Å²) >= 11 is 6.05. The molecule has 0 radical (unpaired) electrons. The normalized spacial score (nSPS) is 10.2. The van der Waals surface area contributed by atoms with E-state index in [-0.39, 0.29) is 18.4 Å². The first kappa shape index (κ1) is 17.8. The van der Waals surface area contributed by atoms with Crippen LogP contribution in [0.5, 0.6) is 5.75 Å². The van der Waals surface area contributed by atoms with Crippen LogP contribution in [0.1, 0.15) is 12.5 Å². The van der Waals surface area contributed by atoms with Gasteiger partial charge in [0.15, 0.2) is 0 Å². The fourth-order valence-electron chi connectivity index (χ4n) is 2.18. The average Bonchev–Trinajstić information content (AvgIpc) is 2.56. The van der Waals surface area contributed by atoms with Crippen molar-refractivity contribution in [1.29, 1.82) is 0 Å². The van der Waals surface area contributed by atoms with E-state index in [0.717, 1.165) is 5.56 Å². The van der Waals surface area contributed by atoms with E-state index in [9.17, 15) is 9.59 Å². The zero-order chi connectivity index (χ0) is 17.7. The van der Waals surface area contributed by atoms with Crippen LogP contribution in [-0.4, -0.2) is 25.5 Å². The Balaban J connectivity index is 2.13. The number of carbonyl (C=O) groups is 2. The highest BCUT2D eigenvalue weighted by atomic mass is 35.5. The Hall–Kier alpha value is -2.53. The third-order valence-electron chi connectivity index (χ3n) is 3.50. The molecule has 0 bridgehead atoms. The van der Waals surface area contributed by atoms with Crippen LogP contribution in [0.25, 0.3) is 0 Å². The van der Waals surface area contributed by atoms with Gasteiger partial charge in [0.1, 0.15) is 12.3 Å². The smallest absolute Gasteiger partial charge is 0.244 e. The standard InChI is InChI=1S/C18H19ClN2O3/c1-12-7-8-14(9-17(12)19)20-18(23)11-21(13(2)22)15-5-4-6-16(10-15)24-3/h4-10H,11H2,1-3H3,(H,20,23). The zero-order valence-corrected chi connectivity index (χ0v) is 14.6. The van der Waals surface area contributed by atoms with Gasteiger partial charge in [-0.05, 0) is 36.8 Å². The lowest BCUT2D eigenvalue weighted by molar-refractivity contribution is -0.120. The highest BCUT2D eigenvalue weighted by Crippen LogP contribution is 2.22. The minimum atomic E-state index is -0.312. The molecule has 2 aromatic carbocycles. The molecule has 2 amide bonds. The molecule has 1 N–H and O–H groups in total. The number of methoxy groups -OCH3 is 1. The Morgan fingerprint density at radius 2 is 1.96 bits per heavy atom. The summed E-state index contributed by atoms with van der Waals surface area (Å²) in [6.45, 7) is 3.19. The molecule has 2 rings (SSSR count). The summed E-state index contributed by atoms with van der Waals surface area (Å²) in [4.78, 5) is 25.6. The lowest BCUT2D eigenvalue weighted by atomic mass is 10.2. The predicted molar refractivity (Wildman–Crippen MR) is 95.8 cm³/mol. The first-order valence-electron chi connectivity index (χ1n) is 7.39. The molecular formula is C18H19ClN2O3. The molecule has 0 heterocycles. The minimum Gasteiger partial charge on any atom is -0.497 e. The summed E-state index contributed by atoms with van der Waals surface area (Å²) in [6.07, 6.45) is 0. The fourth-order valence-corrected chi connectivity index (χ4v) is 2.36. The average molecular weight is 347 g/mol. The van der Waals surface area contributed by atoms with Crippen LogP contribution in [0.4, 0.5) is 11.4 Å². The summed E-state index contributed by atoms with van der Waals surface area (Å²) < 4.78 is 5.16. The Morgan fingerprint density at radius 1 is 1.21 bits per heavy atom. The Bertz CT molecular complexity index is 762. The quantitative estimate of drug-likeness (QED) is 0.899. The van der Waals surface area contributed by atoms with Gasteiger partial charge in [0.05, 0.1) is 7.11 Å². The number of halogens is 1. The number of aryl methyl sites for hydroxylation is 1. The molecule has 0 aliphatic heterocycles. The van der Waals surface area contributed by atoms with Gasteiger partial charge in [-0.3, -0.25) is 9.59 Å². The lowest BCUT2D eigenvalue weighted by Crippen LogP contribution is -2.36. The summed E-state index contributed by atoms with van der Waals surface area (Å²) in [7, 11) is 1.55. The zero-order valence-electron chi connectivity index (χ0n) is 13.8. The molecule has 0 saturated heterocycles. The second-order valence-corrected chi connectivity index (χ2v) is 5.73. The van der Waals surface area contributed by atoms with Crippen molar-refractivity contribution in [2.75, 3.05) is 23.9 Å². The van der Waals surface area contributed by atoms with Gasteiger partial charge in [-0.2, -0.15) is 0 Å². The van der Waals surface area contributed by atoms with E-state index in [0.29, 0.717) is 22.1 Å². The van der Waals surface area contributed by atoms with E-state index in [4.69, 9.17) is 16.3 Å². The molecule has 0 aliphatic rings. The fraction of sp³-hybridized carbons (Fsp3) is 0.222. The molecule has 126 valence electrons. The largest absolute Gasteiger partial charge is 0.497 e. The second-order valence-electron chi connectivity index (χ2n) is 5.32. The number of carbonyl (C=O) groups excluding carboxylic acids is 2. The molecule has 0 fully saturated rings. The summed E-state index contributed by atoms with van der Waals surface area (Å²) in [5, 5.41) is 3.32. The molecular weight excluding hydrogens is 328 g/mol. The number of benzene rings is 2. The Labute approximate surface area is 146 Å². The SMILES string of the molecule is COc1cccc(N(CC(=O)Nc2ccc(C)c(Cl)c2)C(C)=O)c1. The number of nitrogens with one attached hydrogen (secondary N) is 1. The molecule has 0 aromatic heterocycles. The van der Waals surface area contributed by atoms with Crippen LogP contribution in [0, 0.1) is 6.92 Å². The predicted octanol–water partition coefficient (Wildman–Crippen LogP) is 3.65. The van der Waals surface area contributed by atoms with Crippen molar-refractivity contribution in [2.45, 2.75) is 13.8 Å². The van der Waals surface area contributed by atoms with Gasteiger partial charge in [-0.1, -0.05) is 23.7 Å². The van der Waals surface area contributed by atoms with Crippen molar-refractivity contribution >= 4 is 34.8 Å².